The number of carbonyl (C=O) groups is 2. The first-order valence-electron chi connectivity index (χ1n) is 9.22. The fourth-order valence-corrected chi connectivity index (χ4v) is 3.72. The predicted octanol–water partition coefficient (Wildman–Crippen LogP) is 2.66. The molecule has 1 unspecified atom stereocenters. The van der Waals surface area contributed by atoms with Crippen molar-refractivity contribution in [1.29, 1.82) is 5.26 Å². The SMILES string of the molecule is N#C[C@H]1C(CCF)N(C(=O)O)CC[C@H]1n1cc(C(N)=O)c(Nc2ccc(F)cc2)n1. The van der Waals surface area contributed by atoms with Gasteiger partial charge in [0.15, 0.2) is 5.82 Å². The van der Waals surface area contributed by atoms with Gasteiger partial charge in [-0.3, -0.25) is 13.9 Å². The summed E-state index contributed by atoms with van der Waals surface area (Å²) in [6.45, 7) is -0.683. The van der Waals surface area contributed by atoms with Crippen molar-refractivity contribution < 1.29 is 23.5 Å². The van der Waals surface area contributed by atoms with E-state index in [4.69, 9.17) is 5.73 Å². The van der Waals surface area contributed by atoms with Gasteiger partial charge >= 0.3 is 6.09 Å². The normalized spacial score (nSPS) is 21.1. The smallest absolute Gasteiger partial charge is 0.407 e. The molecule has 1 aliphatic heterocycles. The maximum atomic E-state index is 13.1. The Morgan fingerprint density at radius 1 is 1.37 bits per heavy atom. The molecule has 4 N–H and O–H groups in total. The number of hydrogen-bond acceptors (Lipinski definition) is 5. The Morgan fingerprint density at radius 2 is 2.07 bits per heavy atom. The molecule has 11 heteroatoms. The lowest BCUT2D eigenvalue weighted by atomic mass is 9.84. The van der Waals surface area contributed by atoms with Gasteiger partial charge in [0.2, 0.25) is 0 Å². The van der Waals surface area contributed by atoms with E-state index < -0.39 is 42.5 Å². The Kier molecular flexibility index (Phi) is 6.15. The van der Waals surface area contributed by atoms with E-state index in [1.54, 1.807) is 0 Å². The molecule has 0 bridgehead atoms. The van der Waals surface area contributed by atoms with Crippen LogP contribution in [-0.2, 0) is 0 Å². The molecule has 3 atom stereocenters. The van der Waals surface area contributed by atoms with Gasteiger partial charge in [0.05, 0.1) is 30.7 Å². The summed E-state index contributed by atoms with van der Waals surface area (Å²) in [5.41, 5.74) is 5.97. The van der Waals surface area contributed by atoms with Crippen LogP contribution in [0, 0.1) is 23.1 Å². The van der Waals surface area contributed by atoms with Crippen molar-refractivity contribution >= 4 is 23.5 Å². The number of halogens is 2. The summed E-state index contributed by atoms with van der Waals surface area (Å²) < 4.78 is 27.6. The summed E-state index contributed by atoms with van der Waals surface area (Å²) in [4.78, 5) is 24.5. The van der Waals surface area contributed by atoms with E-state index in [9.17, 15) is 28.7 Å². The number of primary amides is 1. The number of alkyl halides is 1. The van der Waals surface area contributed by atoms with Crippen molar-refractivity contribution in [3.63, 3.8) is 0 Å². The standard InChI is InChI=1S/C19H20F2N6O3/c20-7-5-15-13(9-22)16(6-8-26(15)19(29)30)27-10-14(17(23)28)18(25-27)24-12-3-1-11(21)2-4-12/h1-4,10,13,15-16H,5-8H2,(H2,23,28)(H,24,25)(H,29,30)/t13-,15?,16+/m0/s1. The van der Waals surface area contributed by atoms with Crippen LogP contribution in [0.1, 0.15) is 29.2 Å². The largest absolute Gasteiger partial charge is 0.465 e. The Balaban J connectivity index is 1.94. The molecule has 2 aromatic rings. The second-order valence-corrected chi connectivity index (χ2v) is 6.90. The van der Waals surface area contributed by atoms with E-state index in [-0.39, 0.29) is 30.8 Å². The van der Waals surface area contributed by atoms with Gasteiger partial charge in [0, 0.05) is 18.4 Å². The van der Waals surface area contributed by atoms with Gasteiger partial charge in [-0.05, 0) is 37.1 Å². The van der Waals surface area contributed by atoms with Crippen molar-refractivity contribution in [2.45, 2.75) is 24.9 Å². The van der Waals surface area contributed by atoms with Crippen LogP contribution in [0.3, 0.4) is 0 Å². The number of nitrogens with one attached hydrogen (secondary N) is 1. The average molecular weight is 418 g/mol. The van der Waals surface area contributed by atoms with E-state index in [1.165, 1.54) is 35.1 Å². The Bertz CT molecular complexity index is 972. The number of benzene rings is 1. The lowest BCUT2D eigenvalue weighted by Gasteiger charge is -2.41. The number of likely N-dealkylation sites (tertiary alicyclic amines) is 1. The minimum absolute atomic E-state index is 0.0544. The third kappa shape index (κ3) is 4.17. The van der Waals surface area contributed by atoms with Crippen molar-refractivity contribution in [2.24, 2.45) is 11.7 Å². The van der Waals surface area contributed by atoms with Crippen molar-refractivity contribution in [3.05, 3.63) is 41.8 Å². The molecule has 30 heavy (non-hydrogen) atoms. The van der Waals surface area contributed by atoms with Crippen molar-refractivity contribution in [3.8, 4) is 6.07 Å². The molecule has 1 aliphatic rings. The van der Waals surface area contributed by atoms with Crippen LogP contribution in [-0.4, -0.2) is 51.0 Å². The minimum Gasteiger partial charge on any atom is -0.465 e. The summed E-state index contributed by atoms with van der Waals surface area (Å²) in [5.74, 6) is -1.94. The Hall–Kier alpha value is -3.68. The molecule has 3 rings (SSSR count). The van der Waals surface area contributed by atoms with E-state index in [1.807, 2.05) is 0 Å². The maximum absolute atomic E-state index is 13.1. The van der Waals surface area contributed by atoms with Crippen LogP contribution >= 0.6 is 0 Å². The van der Waals surface area contributed by atoms with Gasteiger partial charge < -0.3 is 21.1 Å². The number of aromatic nitrogens is 2. The van der Waals surface area contributed by atoms with Gasteiger partial charge in [0.25, 0.3) is 5.91 Å². The zero-order chi connectivity index (χ0) is 21.8. The number of piperidine rings is 1. The molecule has 2 amide bonds. The van der Waals surface area contributed by atoms with Crippen LogP contribution < -0.4 is 11.1 Å². The molecule has 1 aromatic heterocycles. The van der Waals surface area contributed by atoms with E-state index in [0.29, 0.717) is 5.69 Å². The quantitative estimate of drug-likeness (QED) is 0.659. The molecule has 0 radical (unpaired) electrons. The average Bonchev–Trinajstić information content (AvgIpc) is 3.13. The molecule has 1 aromatic carbocycles. The number of hydrogen-bond donors (Lipinski definition) is 3. The number of nitriles is 1. The Morgan fingerprint density at radius 3 is 2.63 bits per heavy atom. The highest BCUT2D eigenvalue weighted by Crippen LogP contribution is 2.35. The summed E-state index contributed by atoms with van der Waals surface area (Å²) in [7, 11) is 0. The van der Waals surface area contributed by atoms with Gasteiger partial charge in [0.1, 0.15) is 11.4 Å². The number of nitrogens with zero attached hydrogens (tertiary/aromatic N) is 4. The van der Waals surface area contributed by atoms with Crippen LogP contribution in [0.2, 0.25) is 0 Å². The zero-order valence-corrected chi connectivity index (χ0v) is 15.8. The summed E-state index contributed by atoms with van der Waals surface area (Å²) in [6.07, 6.45) is 0.296. The van der Waals surface area contributed by atoms with Crippen molar-refractivity contribution in [1.82, 2.24) is 14.7 Å². The number of carbonyl (C=O) groups excluding carboxylic acids is 1. The third-order valence-electron chi connectivity index (χ3n) is 5.14. The second kappa shape index (κ2) is 8.77. The highest BCUT2D eigenvalue weighted by atomic mass is 19.1. The van der Waals surface area contributed by atoms with Crippen LogP contribution in [0.4, 0.5) is 25.1 Å². The summed E-state index contributed by atoms with van der Waals surface area (Å²) >= 11 is 0. The lowest BCUT2D eigenvalue weighted by Crippen LogP contribution is -2.51. The predicted molar refractivity (Wildman–Crippen MR) is 102 cm³/mol. The number of amides is 2. The lowest BCUT2D eigenvalue weighted by molar-refractivity contribution is 0.0602. The molecule has 2 heterocycles. The molecular weight excluding hydrogens is 398 g/mol. The number of carboxylic acid groups (broad SMARTS) is 1. The molecule has 0 aliphatic carbocycles. The first-order valence-corrected chi connectivity index (χ1v) is 9.22. The highest BCUT2D eigenvalue weighted by Gasteiger charge is 2.42. The summed E-state index contributed by atoms with van der Waals surface area (Å²) in [6, 6.07) is 6.04. The zero-order valence-electron chi connectivity index (χ0n) is 15.8. The van der Waals surface area contributed by atoms with Gasteiger partial charge in [-0.2, -0.15) is 10.4 Å². The van der Waals surface area contributed by atoms with E-state index in [0.717, 1.165) is 4.90 Å². The third-order valence-corrected chi connectivity index (χ3v) is 5.14. The number of rotatable bonds is 6. The highest BCUT2D eigenvalue weighted by molar-refractivity contribution is 5.98. The number of nitrogens with two attached hydrogens (primary N) is 1. The molecule has 0 spiro atoms. The molecular formula is C19H20F2N6O3. The molecule has 0 saturated carbocycles. The van der Waals surface area contributed by atoms with Gasteiger partial charge in [-0.25, -0.2) is 9.18 Å². The minimum atomic E-state index is -1.22. The van der Waals surface area contributed by atoms with Gasteiger partial charge in [-0.15, -0.1) is 0 Å². The fourth-order valence-electron chi connectivity index (χ4n) is 3.72. The van der Waals surface area contributed by atoms with Crippen molar-refractivity contribution in [2.75, 3.05) is 18.5 Å². The van der Waals surface area contributed by atoms with E-state index >= 15 is 0 Å². The van der Waals surface area contributed by atoms with Crippen LogP contribution in [0.15, 0.2) is 30.5 Å². The maximum Gasteiger partial charge on any atom is 0.407 e. The van der Waals surface area contributed by atoms with Crippen LogP contribution in [0.5, 0.6) is 0 Å². The van der Waals surface area contributed by atoms with Crippen LogP contribution in [0.25, 0.3) is 0 Å². The van der Waals surface area contributed by atoms with E-state index in [2.05, 4.69) is 16.5 Å². The Labute approximate surface area is 170 Å². The molecule has 9 nitrogen and oxygen atoms in total. The number of anilines is 2. The molecule has 158 valence electrons. The topological polar surface area (TPSA) is 137 Å². The first-order chi connectivity index (χ1) is 14.3. The molecule has 1 saturated heterocycles. The van der Waals surface area contributed by atoms with Gasteiger partial charge in [-0.1, -0.05) is 0 Å². The second-order valence-electron chi connectivity index (χ2n) is 6.90. The monoisotopic (exact) mass is 418 g/mol. The molecule has 1 fully saturated rings. The fraction of sp³-hybridized carbons (Fsp3) is 0.368. The summed E-state index contributed by atoms with van der Waals surface area (Å²) in [5, 5.41) is 26.3. The first kappa shape index (κ1) is 21.0.